The Bertz CT molecular complexity index is 524. The molecule has 1 amide bonds. The molecule has 1 unspecified atom stereocenters. The first-order chi connectivity index (χ1) is 11.2. The van der Waals surface area contributed by atoms with Gasteiger partial charge in [-0.3, -0.25) is 9.69 Å². The van der Waals surface area contributed by atoms with Gasteiger partial charge in [-0.1, -0.05) is 0 Å². The predicted octanol–water partition coefficient (Wildman–Crippen LogP) is 1.97. The van der Waals surface area contributed by atoms with Crippen LogP contribution in [0.1, 0.15) is 39.5 Å². The summed E-state index contributed by atoms with van der Waals surface area (Å²) in [7, 11) is 3.99. The summed E-state index contributed by atoms with van der Waals surface area (Å²) in [6, 6.07) is 3.90. The summed E-state index contributed by atoms with van der Waals surface area (Å²) in [4.78, 5) is 18.3. The number of nitrogens with zero attached hydrogens (tertiary/aromatic N) is 2. The molecule has 1 rings (SSSR count). The summed E-state index contributed by atoms with van der Waals surface area (Å²) in [5.74, 6) is 1.39. The number of halogens is 1. The zero-order chi connectivity index (χ0) is 18.2. The first kappa shape index (κ1) is 23.7. The number of amides is 1. The standard InChI is InChI=1S/C17H31N5O2.HI/c1-7-18-16(20-12-15(23)21-17(2,3)4)19-11-13(22(5)6)14-9-8-10-24-14;/h8-10,13H,7,11-12H2,1-6H3,(H,21,23)(H2,18,19,20);1H. The van der Waals surface area contributed by atoms with Crippen LogP contribution in [-0.4, -0.2) is 56.0 Å². The maximum absolute atomic E-state index is 11.9. The van der Waals surface area contributed by atoms with E-state index < -0.39 is 0 Å². The summed E-state index contributed by atoms with van der Waals surface area (Å²) in [5, 5.41) is 9.31. The molecular weight excluding hydrogens is 433 g/mol. The first-order valence-corrected chi connectivity index (χ1v) is 8.26. The number of carbonyl (C=O) groups is 1. The third-order valence-electron chi connectivity index (χ3n) is 3.20. The number of guanidine groups is 1. The minimum atomic E-state index is -0.256. The normalized spacial score (nSPS) is 13.2. The van der Waals surface area contributed by atoms with Crippen molar-refractivity contribution in [1.29, 1.82) is 0 Å². The van der Waals surface area contributed by atoms with Gasteiger partial charge in [0.15, 0.2) is 5.96 Å². The number of hydrogen-bond acceptors (Lipinski definition) is 4. The van der Waals surface area contributed by atoms with E-state index in [9.17, 15) is 4.79 Å². The second-order valence-electron chi connectivity index (χ2n) is 6.87. The molecule has 0 aliphatic carbocycles. The molecule has 3 N–H and O–H groups in total. The molecule has 1 aromatic rings. The third-order valence-corrected chi connectivity index (χ3v) is 3.20. The quantitative estimate of drug-likeness (QED) is 0.326. The molecule has 25 heavy (non-hydrogen) atoms. The lowest BCUT2D eigenvalue weighted by Gasteiger charge is -2.24. The van der Waals surface area contributed by atoms with Gasteiger partial charge < -0.3 is 20.4 Å². The molecule has 0 aliphatic rings. The van der Waals surface area contributed by atoms with Gasteiger partial charge in [-0.15, -0.1) is 24.0 Å². The van der Waals surface area contributed by atoms with Gasteiger partial charge in [0.1, 0.15) is 12.3 Å². The van der Waals surface area contributed by atoms with Crippen LogP contribution in [0.5, 0.6) is 0 Å². The highest BCUT2D eigenvalue weighted by molar-refractivity contribution is 14.0. The van der Waals surface area contributed by atoms with Gasteiger partial charge in [0, 0.05) is 18.6 Å². The molecule has 1 atom stereocenters. The highest BCUT2D eigenvalue weighted by atomic mass is 127. The molecule has 8 heteroatoms. The molecule has 0 radical (unpaired) electrons. The molecule has 1 heterocycles. The first-order valence-electron chi connectivity index (χ1n) is 8.26. The van der Waals surface area contributed by atoms with Crippen molar-refractivity contribution in [2.75, 3.05) is 33.7 Å². The van der Waals surface area contributed by atoms with Crippen molar-refractivity contribution in [2.45, 2.75) is 39.3 Å². The Morgan fingerprint density at radius 3 is 2.48 bits per heavy atom. The average molecular weight is 465 g/mol. The molecule has 144 valence electrons. The van der Waals surface area contributed by atoms with Crippen molar-refractivity contribution in [2.24, 2.45) is 4.99 Å². The van der Waals surface area contributed by atoms with E-state index in [1.807, 2.05) is 53.9 Å². The Morgan fingerprint density at radius 1 is 1.32 bits per heavy atom. The number of carbonyl (C=O) groups excluding carboxylic acids is 1. The van der Waals surface area contributed by atoms with E-state index in [4.69, 9.17) is 4.42 Å². The van der Waals surface area contributed by atoms with Gasteiger partial charge in [0.2, 0.25) is 5.91 Å². The van der Waals surface area contributed by atoms with Gasteiger partial charge in [-0.25, -0.2) is 4.99 Å². The van der Waals surface area contributed by atoms with Crippen LogP contribution in [0.3, 0.4) is 0 Å². The minimum Gasteiger partial charge on any atom is -0.468 e. The van der Waals surface area contributed by atoms with E-state index in [-0.39, 0.29) is 48.0 Å². The zero-order valence-corrected chi connectivity index (χ0v) is 18.4. The number of likely N-dealkylation sites (N-methyl/N-ethyl adjacent to an activating group) is 1. The minimum absolute atomic E-state index is 0. The van der Waals surface area contributed by atoms with Gasteiger partial charge in [0.05, 0.1) is 12.3 Å². The highest BCUT2D eigenvalue weighted by Gasteiger charge is 2.17. The Labute approximate surface area is 168 Å². The van der Waals surface area contributed by atoms with Crippen molar-refractivity contribution < 1.29 is 9.21 Å². The van der Waals surface area contributed by atoms with Gasteiger partial charge >= 0.3 is 0 Å². The summed E-state index contributed by atoms with van der Waals surface area (Å²) < 4.78 is 5.50. The lowest BCUT2D eigenvalue weighted by molar-refractivity contribution is -0.121. The number of rotatable bonds is 7. The number of furan rings is 1. The fraction of sp³-hybridized carbons (Fsp3) is 0.647. The number of aliphatic imine (C=N–C) groups is 1. The van der Waals surface area contributed by atoms with Crippen molar-refractivity contribution in [3.05, 3.63) is 24.2 Å². The molecule has 1 aromatic heterocycles. The second-order valence-corrected chi connectivity index (χ2v) is 6.87. The number of nitrogens with one attached hydrogen (secondary N) is 3. The third kappa shape index (κ3) is 9.69. The lowest BCUT2D eigenvalue weighted by atomic mass is 10.1. The fourth-order valence-electron chi connectivity index (χ4n) is 2.16. The molecule has 0 saturated heterocycles. The van der Waals surface area contributed by atoms with Gasteiger partial charge in [-0.05, 0) is 53.9 Å². The van der Waals surface area contributed by atoms with Crippen LogP contribution in [0.25, 0.3) is 0 Å². The van der Waals surface area contributed by atoms with Crippen LogP contribution in [0, 0.1) is 0 Å². The molecule has 0 bridgehead atoms. The smallest absolute Gasteiger partial charge is 0.242 e. The van der Waals surface area contributed by atoms with Crippen LogP contribution in [-0.2, 0) is 4.79 Å². The zero-order valence-electron chi connectivity index (χ0n) is 16.0. The maximum Gasteiger partial charge on any atom is 0.242 e. The second kappa shape index (κ2) is 11.3. The monoisotopic (exact) mass is 465 g/mol. The van der Waals surface area contributed by atoms with Crippen molar-refractivity contribution >= 4 is 35.8 Å². The SMILES string of the molecule is CCNC(=NCC(=O)NC(C)(C)C)NCC(c1ccco1)N(C)C.I. The Hall–Kier alpha value is -1.29. The largest absolute Gasteiger partial charge is 0.468 e. The van der Waals surface area contributed by atoms with Crippen molar-refractivity contribution in [3.8, 4) is 0 Å². The summed E-state index contributed by atoms with van der Waals surface area (Å²) in [5.41, 5.74) is -0.256. The molecule has 0 fully saturated rings. The molecule has 0 aliphatic heterocycles. The topological polar surface area (TPSA) is 81.9 Å². The van der Waals surface area contributed by atoms with Crippen LogP contribution < -0.4 is 16.0 Å². The van der Waals surface area contributed by atoms with E-state index >= 15 is 0 Å². The van der Waals surface area contributed by atoms with E-state index in [1.165, 1.54) is 0 Å². The Morgan fingerprint density at radius 2 is 2.00 bits per heavy atom. The molecule has 7 nitrogen and oxygen atoms in total. The van der Waals surface area contributed by atoms with E-state index in [1.54, 1.807) is 6.26 Å². The Balaban J connectivity index is 0.00000576. The average Bonchev–Trinajstić information content (AvgIpc) is 2.96. The van der Waals surface area contributed by atoms with Crippen LogP contribution >= 0.6 is 24.0 Å². The van der Waals surface area contributed by atoms with Crippen LogP contribution in [0.4, 0.5) is 0 Å². The molecule has 0 saturated carbocycles. The van der Waals surface area contributed by atoms with E-state index in [0.29, 0.717) is 12.5 Å². The molecule has 0 aromatic carbocycles. The fourth-order valence-corrected chi connectivity index (χ4v) is 2.16. The highest BCUT2D eigenvalue weighted by Crippen LogP contribution is 2.17. The van der Waals surface area contributed by atoms with E-state index in [0.717, 1.165) is 12.3 Å². The van der Waals surface area contributed by atoms with Crippen LogP contribution in [0.2, 0.25) is 0 Å². The predicted molar refractivity (Wildman–Crippen MR) is 112 cm³/mol. The Kier molecular flexibility index (Phi) is 10.8. The van der Waals surface area contributed by atoms with Gasteiger partial charge in [-0.2, -0.15) is 0 Å². The van der Waals surface area contributed by atoms with Crippen molar-refractivity contribution in [3.63, 3.8) is 0 Å². The summed E-state index contributed by atoms with van der Waals surface area (Å²) >= 11 is 0. The maximum atomic E-state index is 11.9. The molecule has 0 spiro atoms. The van der Waals surface area contributed by atoms with Crippen LogP contribution in [0.15, 0.2) is 27.8 Å². The summed E-state index contributed by atoms with van der Waals surface area (Å²) in [6.07, 6.45) is 1.67. The van der Waals surface area contributed by atoms with Gasteiger partial charge in [0.25, 0.3) is 0 Å². The van der Waals surface area contributed by atoms with E-state index in [2.05, 4.69) is 25.8 Å². The summed E-state index contributed by atoms with van der Waals surface area (Å²) in [6.45, 7) is 9.25. The van der Waals surface area contributed by atoms with Crippen molar-refractivity contribution in [1.82, 2.24) is 20.9 Å². The number of hydrogen-bond donors (Lipinski definition) is 3. The molecular formula is C17H32IN5O2. The lowest BCUT2D eigenvalue weighted by Crippen LogP contribution is -2.44.